The van der Waals surface area contributed by atoms with Crippen LogP contribution in [-0.2, 0) is 9.59 Å². The van der Waals surface area contributed by atoms with Gasteiger partial charge in [-0.2, -0.15) is 5.26 Å². The number of rotatable bonds is 3. The Labute approximate surface area is 140 Å². The molecule has 24 heavy (non-hydrogen) atoms. The van der Waals surface area contributed by atoms with Crippen molar-refractivity contribution in [3.05, 3.63) is 23.9 Å². The van der Waals surface area contributed by atoms with E-state index < -0.39 is 0 Å². The summed E-state index contributed by atoms with van der Waals surface area (Å²) in [4.78, 5) is 33.8. The zero-order valence-electron chi connectivity index (χ0n) is 13.4. The molecule has 1 aromatic heterocycles. The van der Waals surface area contributed by atoms with E-state index in [2.05, 4.69) is 26.2 Å². The summed E-state index contributed by atoms with van der Waals surface area (Å²) in [5, 5.41) is 11.7. The minimum Gasteiger partial charge on any atom is -0.354 e. The highest BCUT2D eigenvalue weighted by molar-refractivity contribution is 5.86. The summed E-state index contributed by atoms with van der Waals surface area (Å²) in [6.45, 7) is 4.63. The zero-order valence-corrected chi connectivity index (χ0v) is 13.4. The van der Waals surface area contributed by atoms with Crippen molar-refractivity contribution in [3.8, 4) is 6.07 Å². The van der Waals surface area contributed by atoms with Crippen molar-refractivity contribution >= 4 is 17.6 Å². The Morgan fingerprint density at radius 3 is 2.79 bits per heavy atom. The van der Waals surface area contributed by atoms with Gasteiger partial charge in [-0.3, -0.25) is 14.5 Å². The van der Waals surface area contributed by atoms with E-state index in [-0.39, 0.29) is 18.4 Å². The van der Waals surface area contributed by atoms with Crippen LogP contribution in [0.15, 0.2) is 18.3 Å². The molecule has 2 aliphatic heterocycles. The maximum absolute atomic E-state index is 12.3. The molecule has 3 heterocycles. The molecular weight excluding hydrogens is 308 g/mol. The number of nitrogens with zero attached hydrogens (tertiary/aromatic N) is 5. The molecule has 2 aliphatic rings. The molecule has 0 unspecified atom stereocenters. The normalized spacial score (nSPS) is 18.9. The lowest BCUT2D eigenvalue weighted by Gasteiger charge is -2.36. The van der Waals surface area contributed by atoms with Gasteiger partial charge >= 0.3 is 0 Å². The second kappa shape index (κ2) is 7.27. The summed E-state index contributed by atoms with van der Waals surface area (Å²) in [6, 6.07) is 5.59. The minimum atomic E-state index is -0.0946. The molecule has 0 atom stereocenters. The summed E-state index contributed by atoms with van der Waals surface area (Å²) >= 11 is 0. The number of amides is 2. The Balaban J connectivity index is 1.50. The maximum atomic E-state index is 12.3. The number of nitrogens with one attached hydrogen (secondary N) is 1. The highest BCUT2D eigenvalue weighted by Gasteiger charge is 2.25. The highest BCUT2D eigenvalue weighted by Crippen LogP contribution is 2.14. The van der Waals surface area contributed by atoms with Gasteiger partial charge in [0.2, 0.25) is 11.8 Å². The van der Waals surface area contributed by atoms with Crippen molar-refractivity contribution in [1.82, 2.24) is 20.1 Å². The summed E-state index contributed by atoms with van der Waals surface area (Å²) in [7, 11) is 0. The highest BCUT2D eigenvalue weighted by atomic mass is 16.2. The number of carbonyl (C=O) groups is 2. The van der Waals surface area contributed by atoms with Crippen LogP contribution in [0.3, 0.4) is 0 Å². The molecule has 0 spiro atoms. The van der Waals surface area contributed by atoms with Gasteiger partial charge in [-0.15, -0.1) is 0 Å². The van der Waals surface area contributed by atoms with Crippen LogP contribution in [0.4, 0.5) is 5.82 Å². The van der Waals surface area contributed by atoms with Gasteiger partial charge in [0.25, 0.3) is 0 Å². The number of nitriles is 1. The summed E-state index contributed by atoms with van der Waals surface area (Å²) in [5.74, 6) is 0.707. The molecule has 0 aromatic carbocycles. The molecule has 1 N–H and O–H groups in total. The zero-order chi connectivity index (χ0) is 16.9. The SMILES string of the molecule is N#Cc1ccnc(N2CCN(CC(=O)N3CCNC(=O)C3)CC2)c1. The van der Waals surface area contributed by atoms with Crippen LogP contribution in [-0.4, -0.2) is 79.0 Å². The predicted octanol–water partition coefficient (Wildman–Crippen LogP) is -0.966. The number of carbonyl (C=O) groups excluding carboxylic acids is 2. The van der Waals surface area contributed by atoms with E-state index in [1.807, 2.05) is 0 Å². The number of pyridine rings is 1. The van der Waals surface area contributed by atoms with Crippen LogP contribution in [0.25, 0.3) is 0 Å². The van der Waals surface area contributed by atoms with E-state index in [9.17, 15) is 9.59 Å². The molecule has 0 radical (unpaired) electrons. The number of anilines is 1. The van der Waals surface area contributed by atoms with Crippen LogP contribution in [0.1, 0.15) is 5.56 Å². The quantitative estimate of drug-likeness (QED) is 0.768. The first-order chi connectivity index (χ1) is 11.7. The summed E-state index contributed by atoms with van der Waals surface area (Å²) < 4.78 is 0. The molecule has 8 nitrogen and oxygen atoms in total. The molecular formula is C16H20N6O2. The Kier molecular flexibility index (Phi) is 4.91. The average Bonchev–Trinajstić information content (AvgIpc) is 2.62. The third-order valence-electron chi connectivity index (χ3n) is 4.32. The standard InChI is InChI=1S/C16H20N6O2/c17-10-13-1-2-18-14(9-13)21-7-5-20(6-8-21)12-16(24)22-4-3-19-15(23)11-22/h1-2,9H,3-8,11-12H2,(H,19,23). The molecule has 2 fully saturated rings. The fraction of sp³-hybridized carbons (Fsp3) is 0.500. The van der Waals surface area contributed by atoms with Crippen molar-refractivity contribution in [2.45, 2.75) is 0 Å². The average molecular weight is 328 g/mol. The monoisotopic (exact) mass is 328 g/mol. The van der Waals surface area contributed by atoms with Gasteiger partial charge in [0.05, 0.1) is 24.7 Å². The first-order valence-electron chi connectivity index (χ1n) is 8.03. The minimum absolute atomic E-state index is 0.00269. The molecule has 1 aromatic rings. The summed E-state index contributed by atoms with van der Waals surface area (Å²) in [6.07, 6.45) is 1.64. The Hall–Kier alpha value is -2.66. The van der Waals surface area contributed by atoms with Crippen molar-refractivity contribution in [2.24, 2.45) is 0 Å². The van der Waals surface area contributed by atoms with Gasteiger partial charge in [-0.1, -0.05) is 0 Å². The lowest BCUT2D eigenvalue weighted by molar-refractivity contribution is -0.139. The lowest BCUT2D eigenvalue weighted by Crippen LogP contribution is -2.54. The Morgan fingerprint density at radius 1 is 1.29 bits per heavy atom. The van der Waals surface area contributed by atoms with Crippen molar-refractivity contribution in [2.75, 3.05) is 57.3 Å². The Bertz CT molecular complexity index is 663. The molecule has 2 saturated heterocycles. The molecule has 8 heteroatoms. The Morgan fingerprint density at radius 2 is 2.08 bits per heavy atom. The van der Waals surface area contributed by atoms with Crippen molar-refractivity contribution in [1.29, 1.82) is 5.26 Å². The van der Waals surface area contributed by atoms with Gasteiger partial charge in [0, 0.05) is 45.5 Å². The van der Waals surface area contributed by atoms with Crippen LogP contribution >= 0.6 is 0 Å². The largest absolute Gasteiger partial charge is 0.354 e. The predicted molar refractivity (Wildman–Crippen MR) is 87.2 cm³/mol. The van der Waals surface area contributed by atoms with E-state index in [0.29, 0.717) is 25.2 Å². The van der Waals surface area contributed by atoms with Gasteiger partial charge in [-0.05, 0) is 12.1 Å². The number of hydrogen-bond donors (Lipinski definition) is 1. The van der Waals surface area contributed by atoms with E-state index in [1.54, 1.807) is 23.2 Å². The van der Waals surface area contributed by atoms with Crippen LogP contribution in [0.2, 0.25) is 0 Å². The van der Waals surface area contributed by atoms with E-state index in [1.165, 1.54) is 0 Å². The van der Waals surface area contributed by atoms with Gasteiger partial charge in [-0.25, -0.2) is 4.98 Å². The lowest BCUT2D eigenvalue weighted by atomic mass is 10.2. The molecule has 3 rings (SSSR count). The topological polar surface area (TPSA) is 92.6 Å². The number of piperazine rings is 2. The molecule has 2 amide bonds. The molecule has 126 valence electrons. The van der Waals surface area contributed by atoms with E-state index in [0.717, 1.165) is 32.0 Å². The third kappa shape index (κ3) is 3.81. The van der Waals surface area contributed by atoms with Gasteiger partial charge in [0.15, 0.2) is 0 Å². The maximum Gasteiger partial charge on any atom is 0.239 e. The molecule has 0 bridgehead atoms. The van der Waals surface area contributed by atoms with E-state index in [4.69, 9.17) is 5.26 Å². The molecule has 0 aliphatic carbocycles. The van der Waals surface area contributed by atoms with Crippen LogP contribution in [0, 0.1) is 11.3 Å². The van der Waals surface area contributed by atoms with Crippen molar-refractivity contribution in [3.63, 3.8) is 0 Å². The second-order valence-corrected chi connectivity index (χ2v) is 5.94. The van der Waals surface area contributed by atoms with Crippen LogP contribution < -0.4 is 10.2 Å². The second-order valence-electron chi connectivity index (χ2n) is 5.94. The van der Waals surface area contributed by atoms with Crippen molar-refractivity contribution < 1.29 is 9.59 Å². The van der Waals surface area contributed by atoms with Gasteiger partial charge in [0.1, 0.15) is 5.82 Å². The number of hydrogen-bond acceptors (Lipinski definition) is 6. The number of aromatic nitrogens is 1. The smallest absolute Gasteiger partial charge is 0.239 e. The summed E-state index contributed by atoms with van der Waals surface area (Å²) in [5.41, 5.74) is 0.598. The fourth-order valence-electron chi connectivity index (χ4n) is 2.94. The first-order valence-corrected chi connectivity index (χ1v) is 8.03. The fourth-order valence-corrected chi connectivity index (χ4v) is 2.94. The third-order valence-corrected chi connectivity index (χ3v) is 4.32. The van der Waals surface area contributed by atoms with Crippen LogP contribution in [0.5, 0.6) is 0 Å². The first kappa shape index (κ1) is 16.2. The van der Waals surface area contributed by atoms with E-state index >= 15 is 0 Å². The molecule has 0 saturated carbocycles. The van der Waals surface area contributed by atoms with Gasteiger partial charge < -0.3 is 15.1 Å².